The molecule has 0 aromatic heterocycles. The van der Waals surface area contributed by atoms with Gasteiger partial charge in [-0.2, -0.15) is 8.42 Å². The fraction of sp³-hybridized carbons (Fsp3) is 0.367. The summed E-state index contributed by atoms with van der Waals surface area (Å²) in [5.74, 6) is 1.25. The van der Waals surface area contributed by atoms with E-state index in [2.05, 4.69) is 13.8 Å². The third kappa shape index (κ3) is 6.72. The van der Waals surface area contributed by atoms with Crippen LogP contribution < -0.4 is 28.9 Å². The van der Waals surface area contributed by atoms with Crippen molar-refractivity contribution in [3.63, 3.8) is 0 Å². The summed E-state index contributed by atoms with van der Waals surface area (Å²) in [6.07, 6.45) is 2.76. The maximum atomic E-state index is 13.3. The SMILES string of the molecule is COc1ccc([N+](C=O)(CCC(C)C)CC2(Cc3ccccc3OS(C)(=O)=O)N=c3ccccc3=N2)c(Cl)c1OC. The standard InChI is InChI=1S/C30H35ClN3O6S/c1-21(2)16-17-34(20-35,25-14-15-27(38-3)29(39-4)28(25)31)19-30(32-23-11-7-8-12-24(23)33-30)18-22-10-6-9-13-26(22)40-41(5,36)37/h6-15,20-21H,16-19H2,1-5H3/q+1. The molecule has 0 aliphatic carbocycles. The predicted octanol–water partition coefficient (Wildman–Crippen LogP) is 4.10. The fourth-order valence-corrected chi connectivity index (χ4v) is 6.02. The molecule has 0 saturated carbocycles. The van der Waals surface area contributed by atoms with E-state index in [4.69, 9.17) is 35.2 Å². The van der Waals surface area contributed by atoms with Crippen LogP contribution in [-0.4, -0.2) is 54.1 Å². The van der Waals surface area contributed by atoms with Crippen molar-refractivity contribution in [2.75, 3.05) is 33.6 Å². The Hall–Kier alpha value is -3.47. The van der Waals surface area contributed by atoms with E-state index >= 15 is 0 Å². The second-order valence-corrected chi connectivity index (χ2v) is 12.6. The van der Waals surface area contributed by atoms with Gasteiger partial charge in [-0.3, -0.25) is 0 Å². The first-order valence-corrected chi connectivity index (χ1v) is 15.4. The van der Waals surface area contributed by atoms with Gasteiger partial charge in [0.1, 0.15) is 17.3 Å². The molecule has 3 aromatic carbocycles. The summed E-state index contributed by atoms with van der Waals surface area (Å²) < 4.78 is 40.2. The number of quaternary nitrogens is 1. The van der Waals surface area contributed by atoms with Crippen molar-refractivity contribution < 1.29 is 26.9 Å². The minimum atomic E-state index is -3.79. The first-order chi connectivity index (χ1) is 19.4. The summed E-state index contributed by atoms with van der Waals surface area (Å²) in [6.45, 7) is 4.70. The molecule has 0 radical (unpaired) electrons. The number of ether oxygens (including phenoxy) is 2. The predicted molar refractivity (Wildman–Crippen MR) is 159 cm³/mol. The van der Waals surface area contributed by atoms with Crippen molar-refractivity contribution in [1.29, 1.82) is 0 Å². The Kier molecular flexibility index (Phi) is 9.06. The molecule has 218 valence electrons. The van der Waals surface area contributed by atoms with Gasteiger partial charge in [0.2, 0.25) is 5.66 Å². The van der Waals surface area contributed by atoms with Crippen molar-refractivity contribution in [2.24, 2.45) is 15.9 Å². The van der Waals surface area contributed by atoms with E-state index in [-0.39, 0.29) is 28.2 Å². The third-order valence-electron chi connectivity index (χ3n) is 7.01. The van der Waals surface area contributed by atoms with Crippen LogP contribution in [0.5, 0.6) is 17.2 Å². The Morgan fingerprint density at radius 2 is 1.59 bits per heavy atom. The van der Waals surface area contributed by atoms with Crippen LogP contribution >= 0.6 is 11.6 Å². The van der Waals surface area contributed by atoms with Gasteiger partial charge in [-0.05, 0) is 36.6 Å². The van der Waals surface area contributed by atoms with E-state index in [1.807, 2.05) is 24.3 Å². The maximum Gasteiger partial charge on any atom is 0.306 e. The molecule has 0 N–H and O–H groups in total. The maximum absolute atomic E-state index is 13.3. The molecule has 0 saturated heterocycles. The highest BCUT2D eigenvalue weighted by molar-refractivity contribution is 7.86. The van der Waals surface area contributed by atoms with Crippen LogP contribution in [0, 0.1) is 5.92 Å². The lowest BCUT2D eigenvalue weighted by Crippen LogP contribution is -2.57. The fourth-order valence-electron chi connectivity index (χ4n) is 5.13. The molecule has 0 fully saturated rings. The number of nitrogens with zero attached hydrogens (tertiary/aromatic N) is 3. The van der Waals surface area contributed by atoms with E-state index < -0.39 is 15.8 Å². The number of hydrogen-bond donors (Lipinski definition) is 0. The topological polar surface area (TPSA) is 104 Å². The highest BCUT2D eigenvalue weighted by Gasteiger charge is 2.46. The van der Waals surface area contributed by atoms with Gasteiger partial charge in [-0.15, -0.1) is 0 Å². The molecule has 1 unspecified atom stereocenters. The van der Waals surface area contributed by atoms with Crippen LogP contribution in [0.25, 0.3) is 0 Å². The molecule has 1 amide bonds. The number of methoxy groups -OCH3 is 2. The first kappa shape index (κ1) is 30.5. The highest BCUT2D eigenvalue weighted by Crippen LogP contribution is 2.45. The lowest BCUT2D eigenvalue weighted by Gasteiger charge is -2.38. The van der Waals surface area contributed by atoms with E-state index in [0.29, 0.717) is 52.3 Å². The zero-order chi connectivity index (χ0) is 29.8. The van der Waals surface area contributed by atoms with Gasteiger partial charge >= 0.3 is 16.5 Å². The summed E-state index contributed by atoms with van der Waals surface area (Å²) in [7, 11) is -0.776. The number of carbonyl (C=O) groups is 1. The van der Waals surface area contributed by atoms with Gasteiger partial charge in [0.05, 0.1) is 37.7 Å². The minimum Gasteiger partial charge on any atom is -0.493 e. The lowest BCUT2D eigenvalue weighted by atomic mass is 9.97. The zero-order valence-electron chi connectivity index (χ0n) is 23.8. The first-order valence-electron chi connectivity index (χ1n) is 13.2. The monoisotopic (exact) mass is 600 g/mol. The van der Waals surface area contributed by atoms with E-state index in [9.17, 15) is 13.2 Å². The number of para-hydroxylation sites is 3. The molecule has 4 rings (SSSR count). The van der Waals surface area contributed by atoms with E-state index in [0.717, 1.165) is 12.7 Å². The highest BCUT2D eigenvalue weighted by atomic mass is 35.5. The molecule has 1 aliphatic heterocycles. The molecule has 3 aromatic rings. The molecule has 0 bridgehead atoms. The number of carbonyl (C=O) groups excluding carboxylic acids is 1. The summed E-state index contributed by atoms with van der Waals surface area (Å²) in [5.41, 5.74) is -0.0689. The molecular weight excluding hydrogens is 566 g/mol. The Labute approximate surface area is 245 Å². The van der Waals surface area contributed by atoms with Gasteiger partial charge in [0.15, 0.2) is 17.2 Å². The van der Waals surface area contributed by atoms with Crippen LogP contribution in [0.2, 0.25) is 5.02 Å². The lowest BCUT2D eigenvalue weighted by molar-refractivity contribution is -0.118. The van der Waals surface area contributed by atoms with Crippen LogP contribution in [0.15, 0.2) is 70.6 Å². The molecule has 1 aliphatic rings. The normalized spacial score (nSPS) is 15.3. The van der Waals surface area contributed by atoms with Gasteiger partial charge < -0.3 is 13.7 Å². The molecule has 1 atom stereocenters. The van der Waals surface area contributed by atoms with E-state index in [1.165, 1.54) is 14.2 Å². The number of hydrogen-bond acceptors (Lipinski definition) is 8. The van der Waals surface area contributed by atoms with Crippen molar-refractivity contribution in [3.05, 3.63) is 82.0 Å². The summed E-state index contributed by atoms with van der Waals surface area (Å²) in [4.78, 5) is 23.4. The van der Waals surface area contributed by atoms with Gasteiger partial charge in [-0.25, -0.2) is 19.3 Å². The number of rotatable bonds is 13. The Bertz CT molecular complexity index is 1630. The number of fused-ring (bicyclic) bond motifs is 1. The van der Waals surface area contributed by atoms with Crippen molar-refractivity contribution >= 4 is 33.8 Å². The smallest absolute Gasteiger partial charge is 0.306 e. The van der Waals surface area contributed by atoms with Crippen LogP contribution in [0.4, 0.5) is 5.69 Å². The van der Waals surface area contributed by atoms with Crippen molar-refractivity contribution in [2.45, 2.75) is 32.4 Å². The largest absolute Gasteiger partial charge is 0.493 e. The van der Waals surface area contributed by atoms with Crippen LogP contribution in [0.3, 0.4) is 0 Å². The number of amides is 1. The third-order valence-corrected chi connectivity index (χ3v) is 7.86. The average molecular weight is 601 g/mol. The molecule has 41 heavy (non-hydrogen) atoms. The van der Waals surface area contributed by atoms with Crippen molar-refractivity contribution in [3.8, 4) is 17.2 Å². The molecule has 9 nitrogen and oxygen atoms in total. The van der Waals surface area contributed by atoms with Gasteiger partial charge in [-0.1, -0.05) is 55.8 Å². The Balaban J connectivity index is 1.93. The molecule has 1 heterocycles. The minimum absolute atomic E-state index is 0.111. The van der Waals surface area contributed by atoms with Crippen LogP contribution in [-0.2, 0) is 21.3 Å². The molecular formula is C30H35ClN3O6S+. The van der Waals surface area contributed by atoms with Gasteiger partial charge in [0.25, 0.3) is 0 Å². The zero-order valence-corrected chi connectivity index (χ0v) is 25.4. The summed E-state index contributed by atoms with van der Waals surface area (Å²) in [5, 5.41) is 1.62. The molecule has 11 heteroatoms. The van der Waals surface area contributed by atoms with Gasteiger partial charge in [0, 0.05) is 18.1 Å². The van der Waals surface area contributed by atoms with E-state index in [1.54, 1.807) is 36.4 Å². The second kappa shape index (κ2) is 12.2. The second-order valence-electron chi connectivity index (χ2n) is 10.6. The van der Waals surface area contributed by atoms with Crippen LogP contribution in [0.1, 0.15) is 25.8 Å². The number of benzene rings is 3. The number of halogens is 1. The summed E-state index contributed by atoms with van der Waals surface area (Å²) >= 11 is 6.92. The molecule has 0 spiro atoms. The summed E-state index contributed by atoms with van der Waals surface area (Å²) in [6, 6.07) is 17.9. The Morgan fingerprint density at radius 3 is 2.15 bits per heavy atom. The average Bonchev–Trinajstić information content (AvgIpc) is 3.28. The Morgan fingerprint density at radius 1 is 0.951 bits per heavy atom. The quantitative estimate of drug-likeness (QED) is 0.166. The van der Waals surface area contributed by atoms with Crippen molar-refractivity contribution in [1.82, 2.24) is 4.48 Å².